The van der Waals surface area contributed by atoms with Crippen LogP contribution in [0.3, 0.4) is 0 Å². The minimum Gasteiger partial charge on any atom is -0.490 e. The summed E-state index contributed by atoms with van der Waals surface area (Å²) in [4.78, 5) is 30.1. The zero-order valence-corrected chi connectivity index (χ0v) is 22.5. The maximum atomic E-state index is 13.4. The first-order valence-corrected chi connectivity index (χ1v) is 12.9. The lowest BCUT2D eigenvalue weighted by Crippen LogP contribution is -2.58. The molecule has 2 amide bonds. The van der Waals surface area contributed by atoms with E-state index < -0.39 is 5.60 Å². The standard InChI is InChI=1S/C29H30Cl2N2O4/c1-21-16-25(12-13-26(21)31)36-20-29(17-27(34)32(2)18-22-6-4-3-5-7-22)19-33(14-15-37-29)28(35)23-8-10-24(30)11-9-23/h3-13,16H,14-15,17-20H2,1-2H3/t29-/m1/s1. The molecule has 8 heteroatoms. The van der Waals surface area contributed by atoms with Crippen LogP contribution in [0.2, 0.25) is 10.0 Å². The Morgan fingerprint density at radius 3 is 2.49 bits per heavy atom. The highest BCUT2D eigenvalue weighted by molar-refractivity contribution is 6.31. The van der Waals surface area contributed by atoms with E-state index in [0.29, 0.717) is 34.4 Å². The highest BCUT2D eigenvalue weighted by Crippen LogP contribution is 2.28. The van der Waals surface area contributed by atoms with Crippen molar-refractivity contribution in [3.8, 4) is 5.75 Å². The lowest BCUT2D eigenvalue weighted by molar-refractivity contribution is -0.152. The summed E-state index contributed by atoms with van der Waals surface area (Å²) in [7, 11) is 1.77. The predicted molar refractivity (Wildman–Crippen MR) is 145 cm³/mol. The van der Waals surface area contributed by atoms with Gasteiger partial charge in [0.05, 0.1) is 19.6 Å². The molecule has 4 rings (SSSR count). The van der Waals surface area contributed by atoms with Crippen molar-refractivity contribution < 1.29 is 19.1 Å². The molecular weight excluding hydrogens is 511 g/mol. The lowest BCUT2D eigenvalue weighted by Gasteiger charge is -2.42. The van der Waals surface area contributed by atoms with E-state index in [1.54, 1.807) is 53.2 Å². The van der Waals surface area contributed by atoms with E-state index in [1.807, 2.05) is 43.3 Å². The van der Waals surface area contributed by atoms with Crippen LogP contribution in [0, 0.1) is 6.92 Å². The van der Waals surface area contributed by atoms with Crippen LogP contribution in [-0.2, 0) is 16.1 Å². The minimum atomic E-state index is -1.02. The van der Waals surface area contributed by atoms with Crippen LogP contribution >= 0.6 is 23.2 Å². The van der Waals surface area contributed by atoms with Crippen LogP contribution in [-0.4, -0.2) is 60.6 Å². The predicted octanol–water partition coefficient (Wildman–Crippen LogP) is 5.64. The Morgan fingerprint density at radius 1 is 1.05 bits per heavy atom. The summed E-state index contributed by atoms with van der Waals surface area (Å²) in [6.45, 7) is 3.39. The van der Waals surface area contributed by atoms with E-state index in [0.717, 1.165) is 11.1 Å². The van der Waals surface area contributed by atoms with Crippen molar-refractivity contribution in [3.63, 3.8) is 0 Å². The number of ether oxygens (including phenoxy) is 2. The fourth-order valence-corrected chi connectivity index (χ4v) is 4.56. The molecule has 0 aliphatic carbocycles. The topological polar surface area (TPSA) is 59.1 Å². The number of rotatable bonds is 8. The SMILES string of the molecule is Cc1cc(OC[C@@]2(CC(=O)N(C)Cc3ccccc3)CN(C(=O)c3ccc(Cl)cc3)CCO2)ccc1Cl. The van der Waals surface area contributed by atoms with Gasteiger partial charge >= 0.3 is 0 Å². The zero-order valence-electron chi connectivity index (χ0n) is 21.0. The summed E-state index contributed by atoms with van der Waals surface area (Å²) in [5.74, 6) is 0.383. The van der Waals surface area contributed by atoms with Crippen molar-refractivity contribution >= 4 is 35.0 Å². The Kier molecular flexibility index (Phi) is 8.75. The number of hydrogen-bond donors (Lipinski definition) is 0. The molecule has 0 spiro atoms. The second kappa shape index (κ2) is 12.0. The first kappa shape index (κ1) is 27.0. The summed E-state index contributed by atoms with van der Waals surface area (Å²) >= 11 is 12.2. The number of morpholine rings is 1. The molecule has 3 aromatic rings. The largest absolute Gasteiger partial charge is 0.490 e. The van der Waals surface area contributed by atoms with E-state index in [9.17, 15) is 9.59 Å². The Bertz CT molecular complexity index is 1240. The second-order valence-electron chi connectivity index (χ2n) is 9.38. The van der Waals surface area contributed by atoms with Gasteiger partial charge < -0.3 is 19.3 Å². The van der Waals surface area contributed by atoms with Crippen molar-refractivity contribution in [1.82, 2.24) is 9.80 Å². The maximum absolute atomic E-state index is 13.4. The van der Waals surface area contributed by atoms with Crippen molar-refractivity contribution in [2.75, 3.05) is 33.4 Å². The van der Waals surface area contributed by atoms with Crippen molar-refractivity contribution in [3.05, 3.63) is 99.5 Å². The molecule has 0 N–H and O–H groups in total. The van der Waals surface area contributed by atoms with Crippen molar-refractivity contribution in [1.29, 1.82) is 0 Å². The molecule has 1 aliphatic rings. The molecule has 0 bridgehead atoms. The average Bonchev–Trinajstić information content (AvgIpc) is 2.90. The van der Waals surface area contributed by atoms with Crippen molar-refractivity contribution in [2.45, 2.75) is 25.5 Å². The fraction of sp³-hybridized carbons (Fsp3) is 0.310. The molecule has 0 unspecified atom stereocenters. The first-order chi connectivity index (χ1) is 17.7. The molecule has 3 aromatic carbocycles. The summed E-state index contributed by atoms with van der Waals surface area (Å²) < 4.78 is 12.4. The minimum absolute atomic E-state index is 0.0628. The molecule has 194 valence electrons. The summed E-state index contributed by atoms with van der Waals surface area (Å²) in [5.41, 5.74) is 1.43. The van der Waals surface area contributed by atoms with Gasteiger partial charge in [0, 0.05) is 35.7 Å². The van der Waals surface area contributed by atoms with Gasteiger partial charge in [-0.15, -0.1) is 0 Å². The van der Waals surface area contributed by atoms with Crippen LogP contribution < -0.4 is 4.74 Å². The third kappa shape index (κ3) is 7.04. The van der Waals surface area contributed by atoms with Gasteiger partial charge in [-0.3, -0.25) is 9.59 Å². The molecule has 1 fully saturated rings. The number of carbonyl (C=O) groups is 2. The molecule has 6 nitrogen and oxygen atoms in total. The van der Waals surface area contributed by atoms with Gasteiger partial charge in [0.2, 0.25) is 5.91 Å². The van der Waals surface area contributed by atoms with Crippen LogP contribution in [0.25, 0.3) is 0 Å². The van der Waals surface area contributed by atoms with E-state index in [1.165, 1.54) is 0 Å². The van der Waals surface area contributed by atoms with Gasteiger partial charge in [0.1, 0.15) is 18.0 Å². The quantitative estimate of drug-likeness (QED) is 0.371. The molecule has 0 saturated carbocycles. The molecule has 0 aromatic heterocycles. The number of aryl methyl sites for hydroxylation is 1. The molecule has 1 saturated heterocycles. The number of halogens is 2. The monoisotopic (exact) mass is 540 g/mol. The van der Waals surface area contributed by atoms with Crippen LogP contribution in [0.4, 0.5) is 0 Å². The van der Waals surface area contributed by atoms with E-state index in [-0.39, 0.29) is 38.0 Å². The van der Waals surface area contributed by atoms with Crippen molar-refractivity contribution in [2.24, 2.45) is 0 Å². The van der Waals surface area contributed by atoms with Crippen LogP contribution in [0.1, 0.15) is 27.9 Å². The first-order valence-electron chi connectivity index (χ1n) is 12.1. The molecule has 1 heterocycles. The summed E-state index contributed by atoms with van der Waals surface area (Å²) in [6.07, 6.45) is 0.0628. The Hall–Kier alpha value is -3.06. The smallest absolute Gasteiger partial charge is 0.254 e. The number of carbonyl (C=O) groups excluding carboxylic acids is 2. The normalized spacial score (nSPS) is 17.4. The highest BCUT2D eigenvalue weighted by atomic mass is 35.5. The fourth-order valence-electron chi connectivity index (χ4n) is 4.32. The van der Waals surface area contributed by atoms with Gasteiger partial charge in [0.15, 0.2) is 0 Å². The van der Waals surface area contributed by atoms with Gasteiger partial charge in [-0.2, -0.15) is 0 Å². The third-order valence-corrected chi connectivity index (χ3v) is 7.10. The molecule has 37 heavy (non-hydrogen) atoms. The summed E-state index contributed by atoms with van der Waals surface area (Å²) in [6, 6.07) is 22.0. The Labute approximate surface area is 227 Å². The number of amides is 2. The van der Waals surface area contributed by atoms with Gasteiger partial charge in [0.25, 0.3) is 5.91 Å². The Morgan fingerprint density at radius 2 is 1.78 bits per heavy atom. The Balaban J connectivity index is 1.54. The van der Waals surface area contributed by atoms with E-state index >= 15 is 0 Å². The van der Waals surface area contributed by atoms with Gasteiger partial charge in [-0.1, -0.05) is 53.5 Å². The number of hydrogen-bond acceptors (Lipinski definition) is 4. The van der Waals surface area contributed by atoms with Gasteiger partial charge in [-0.05, 0) is 60.5 Å². The molecule has 1 aliphatic heterocycles. The number of nitrogens with zero attached hydrogens (tertiary/aromatic N) is 2. The van der Waals surface area contributed by atoms with Gasteiger partial charge in [-0.25, -0.2) is 0 Å². The zero-order chi connectivity index (χ0) is 26.4. The average molecular weight is 541 g/mol. The summed E-state index contributed by atoms with van der Waals surface area (Å²) in [5, 5.41) is 1.21. The van der Waals surface area contributed by atoms with Crippen LogP contribution in [0.15, 0.2) is 72.8 Å². The molecule has 0 radical (unpaired) electrons. The molecule has 1 atom stereocenters. The maximum Gasteiger partial charge on any atom is 0.254 e. The van der Waals surface area contributed by atoms with E-state index in [2.05, 4.69) is 0 Å². The number of benzene rings is 3. The lowest BCUT2D eigenvalue weighted by atomic mass is 9.96. The second-order valence-corrected chi connectivity index (χ2v) is 10.2. The van der Waals surface area contributed by atoms with E-state index in [4.69, 9.17) is 32.7 Å². The highest BCUT2D eigenvalue weighted by Gasteiger charge is 2.42. The third-order valence-electron chi connectivity index (χ3n) is 6.42. The molecular formula is C29H30Cl2N2O4. The van der Waals surface area contributed by atoms with Crippen LogP contribution in [0.5, 0.6) is 5.75 Å².